The third-order valence-corrected chi connectivity index (χ3v) is 5.80. The molecule has 1 saturated heterocycles. The van der Waals surface area contributed by atoms with Crippen LogP contribution < -0.4 is 15.0 Å². The average molecular weight is 378 g/mol. The van der Waals surface area contributed by atoms with Gasteiger partial charge in [-0.15, -0.1) is 0 Å². The van der Waals surface area contributed by atoms with Crippen LogP contribution in [0.3, 0.4) is 0 Å². The topological polar surface area (TPSA) is 74.8 Å². The molecule has 3 heterocycles. The van der Waals surface area contributed by atoms with Gasteiger partial charge in [-0.2, -0.15) is 0 Å². The molecule has 0 bridgehead atoms. The quantitative estimate of drug-likeness (QED) is 0.733. The van der Waals surface area contributed by atoms with E-state index in [1.54, 1.807) is 0 Å². The molecule has 1 fully saturated rings. The highest BCUT2D eigenvalue weighted by atomic mass is 16.7. The molecule has 5 rings (SSSR count). The van der Waals surface area contributed by atoms with Crippen molar-refractivity contribution in [2.45, 2.75) is 25.0 Å². The molecule has 0 saturated carbocycles. The molecule has 0 radical (unpaired) electrons. The van der Waals surface area contributed by atoms with E-state index in [2.05, 4.69) is 9.88 Å². The number of fused-ring (bicyclic) bond motifs is 2. The number of nitrogens with one attached hydrogen (secondary N) is 1. The van der Waals surface area contributed by atoms with Gasteiger partial charge in [0.1, 0.15) is 0 Å². The molecule has 2 aromatic carbocycles. The molecule has 2 aliphatic rings. The second-order valence-electron chi connectivity index (χ2n) is 7.59. The second-order valence-corrected chi connectivity index (χ2v) is 7.59. The molecule has 6 nitrogen and oxygen atoms in total. The molecule has 0 spiro atoms. The van der Waals surface area contributed by atoms with Gasteiger partial charge in [0, 0.05) is 36.7 Å². The van der Waals surface area contributed by atoms with Crippen LogP contribution in [0, 0.1) is 0 Å². The fourth-order valence-electron chi connectivity index (χ4n) is 4.12. The first-order valence-electron chi connectivity index (χ1n) is 9.57. The minimum atomic E-state index is -0.786. The van der Waals surface area contributed by atoms with E-state index in [4.69, 9.17) is 9.47 Å². The summed E-state index contributed by atoms with van der Waals surface area (Å²) in [5.41, 5.74) is 1.56. The zero-order valence-corrected chi connectivity index (χ0v) is 15.5. The number of piperidine rings is 1. The summed E-state index contributed by atoms with van der Waals surface area (Å²) in [6.45, 7) is 2.25. The molecule has 0 amide bonds. The lowest BCUT2D eigenvalue weighted by atomic mass is 9.84. The van der Waals surface area contributed by atoms with Crippen molar-refractivity contribution in [3.05, 3.63) is 70.0 Å². The highest BCUT2D eigenvalue weighted by Crippen LogP contribution is 2.36. The molecular formula is C22H22N2O4. The van der Waals surface area contributed by atoms with E-state index in [0.717, 1.165) is 35.1 Å². The Morgan fingerprint density at radius 3 is 2.50 bits per heavy atom. The summed E-state index contributed by atoms with van der Waals surface area (Å²) >= 11 is 0. The summed E-state index contributed by atoms with van der Waals surface area (Å²) in [7, 11) is 0. The van der Waals surface area contributed by atoms with Crippen LogP contribution in [-0.4, -0.2) is 34.9 Å². The van der Waals surface area contributed by atoms with Crippen LogP contribution in [0.15, 0.2) is 53.3 Å². The van der Waals surface area contributed by atoms with E-state index in [9.17, 15) is 9.90 Å². The van der Waals surface area contributed by atoms with E-state index in [1.165, 1.54) is 0 Å². The SMILES string of the molecule is O=c1[nH]c2cc3c(cc2cc1CN1CCC(O)(c2ccccc2)CC1)OCO3. The molecule has 1 aromatic heterocycles. The van der Waals surface area contributed by atoms with Crippen LogP contribution in [0.25, 0.3) is 10.9 Å². The fraction of sp³-hybridized carbons (Fsp3) is 0.318. The van der Waals surface area contributed by atoms with Crippen LogP contribution in [0.5, 0.6) is 11.5 Å². The van der Waals surface area contributed by atoms with Crippen molar-refractivity contribution in [3.63, 3.8) is 0 Å². The van der Waals surface area contributed by atoms with Crippen LogP contribution in [0.4, 0.5) is 0 Å². The van der Waals surface area contributed by atoms with Gasteiger partial charge in [-0.3, -0.25) is 9.69 Å². The predicted octanol–water partition coefficient (Wildman–Crippen LogP) is 2.74. The van der Waals surface area contributed by atoms with Crippen LogP contribution >= 0.6 is 0 Å². The number of H-pyrrole nitrogens is 1. The second kappa shape index (κ2) is 6.65. The zero-order chi connectivity index (χ0) is 19.1. The predicted molar refractivity (Wildman–Crippen MR) is 106 cm³/mol. The first-order chi connectivity index (χ1) is 13.6. The third-order valence-electron chi connectivity index (χ3n) is 5.80. The summed E-state index contributed by atoms with van der Waals surface area (Å²) in [5.74, 6) is 1.36. The standard InChI is InChI=1S/C22H22N2O4/c25-21-16(10-15-11-19-20(28-14-27-19)12-18(15)23-21)13-24-8-6-22(26,7-9-24)17-4-2-1-3-5-17/h1-5,10-12,26H,6-9,13-14H2,(H,23,25). The number of hydrogen-bond donors (Lipinski definition) is 2. The van der Waals surface area contributed by atoms with Crippen molar-refractivity contribution in [2.24, 2.45) is 0 Å². The van der Waals surface area contributed by atoms with Crippen molar-refractivity contribution >= 4 is 10.9 Å². The lowest BCUT2D eigenvalue weighted by Gasteiger charge is -2.38. The summed E-state index contributed by atoms with van der Waals surface area (Å²) < 4.78 is 10.8. The highest BCUT2D eigenvalue weighted by molar-refractivity contribution is 5.83. The summed E-state index contributed by atoms with van der Waals surface area (Å²) in [5, 5.41) is 11.9. The van der Waals surface area contributed by atoms with Crippen molar-refractivity contribution in [1.82, 2.24) is 9.88 Å². The van der Waals surface area contributed by atoms with E-state index in [-0.39, 0.29) is 12.4 Å². The van der Waals surface area contributed by atoms with Gasteiger partial charge in [0.15, 0.2) is 11.5 Å². The lowest BCUT2D eigenvalue weighted by molar-refractivity contribution is -0.0278. The number of aliphatic hydroxyl groups is 1. The Hall–Kier alpha value is -2.83. The zero-order valence-electron chi connectivity index (χ0n) is 15.5. The van der Waals surface area contributed by atoms with Gasteiger partial charge in [0.2, 0.25) is 6.79 Å². The Morgan fingerprint density at radius 1 is 1.04 bits per heavy atom. The van der Waals surface area contributed by atoms with Gasteiger partial charge < -0.3 is 19.6 Å². The number of pyridine rings is 1. The maximum absolute atomic E-state index is 12.6. The van der Waals surface area contributed by atoms with Gasteiger partial charge in [-0.05, 0) is 30.5 Å². The van der Waals surface area contributed by atoms with Crippen molar-refractivity contribution in [2.75, 3.05) is 19.9 Å². The average Bonchev–Trinajstić information content (AvgIpc) is 3.17. The largest absolute Gasteiger partial charge is 0.454 e. The first-order valence-corrected chi connectivity index (χ1v) is 9.57. The molecule has 0 atom stereocenters. The van der Waals surface area contributed by atoms with E-state index in [0.29, 0.717) is 30.9 Å². The van der Waals surface area contributed by atoms with E-state index in [1.807, 2.05) is 48.5 Å². The van der Waals surface area contributed by atoms with E-state index >= 15 is 0 Å². The highest BCUT2D eigenvalue weighted by Gasteiger charge is 2.33. The van der Waals surface area contributed by atoms with Crippen LogP contribution in [0.2, 0.25) is 0 Å². The monoisotopic (exact) mass is 378 g/mol. The molecular weight excluding hydrogens is 356 g/mol. The van der Waals surface area contributed by atoms with Crippen molar-refractivity contribution < 1.29 is 14.6 Å². The number of nitrogens with zero attached hydrogens (tertiary/aromatic N) is 1. The Bertz CT molecular complexity index is 1070. The Balaban J connectivity index is 1.34. The third kappa shape index (κ3) is 3.04. The normalized spacial score (nSPS) is 18.5. The number of aromatic nitrogens is 1. The van der Waals surface area contributed by atoms with E-state index < -0.39 is 5.60 Å². The first kappa shape index (κ1) is 17.3. The minimum Gasteiger partial charge on any atom is -0.454 e. The Kier molecular flexibility index (Phi) is 4.10. The number of likely N-dealkylation sites (tertiary alicyclic amines) is 1. The molecule has 3 aromatic rings. The molecule has 144 valence electrons. The Morgan fingerprint density at radius 2 is 1.75 bits per heavy atom. The molecule has 0 unspecified atom stereocenters. The van der Waals surface area contributed by atoms with Gasteiger partial charge >= 0.3 is 0 Å². The van der Waals surface area contributed by atoms with Gasteiger partial charge in [0.25, 0.3) is 5.56 Å². The number of aromatic amines is 1. The minimum absolute atomic E-state index is 0.0877. The maximum atomic E-state index is 12.6. The lowest BCUT2D eigenvalue weighted by Crippen LogP contribution is -2.42. The summed E-state index contributed by atoms with van der Waals surface area (Å²) in [6.07, 6.45) is 1.31. The van der Waals surface area contributed by atoms with Crippen LogP contribution in [-0.2, 0) is 12.1 Å². The smallest absolute Gasteiger partial charge is 0.252 e. The van der Waals surface area contributed by atoms with Gasteiger partial charge in [0.05, 0.1) is 11.1 Å². The summed E-state index contributed by atoms with van der Waals surface area (Å²) in [4.78, 5) is 17.7. The molecule has 0 aliphatic carbocycles. The molecule has 28 heavy (non-hydrogen) atoms. The number of hydrogen-bond acceptors (Lipinski definition) is 5. The van der Waals surface area contributed by atoms with Gasteiger partial charge in [-0.1, -0.05) is 30.3 Å². The van der Waals surface area contributed by atoms with Crippen molar-refractivity contribution in [1.29, 1.82) is 0 Å². The fourth-order valence-corrected chi connectivity index (χ4v) is 4.12. The molecule has 2 aliphatic heterocycles. The summed E-state index contributed by atoms with van der Waals surface area (Å²) in [6, 6.07) is 15.5. The maximum Gasteiger partial charge on any atom is 0.252 e. The van der Waals surface area contributed by atoms with Gasteiger partial charge in [-0.25, -0.2) is 0 Å². The molecule has 2 N–H and O–H groups in total. The number of ether oxygens (including phenoxy) is 2. The number of benzene rings is 2. The van der Waals surface area contributed by atoms with Crippen molar-refractivity contribution in [3.8, 4) is 11.5 Å². The Labute approximate surface area is 162 Å². The number of rotatable bonds is 3. The molecule has 6 heteroatoms. The van der Waals surface area contributed by atoms with Crippen LogP contribution in [0.1, 0.15) is 24.0 Å².